The van der Waals surface area contributed by atoms with E-state index in [-0.39, 0.29) is 11.9 Å². The van der Waals surface area contributed by atoms with E-state index in [0.29, 0.717) is 18.0 Å². The highest BCUT2D eigenvalue weighted by molar-refractivity contribution is 5.94. The van der Waals surface area contributed by atoms with E-state index in [9.17, 15) is 4.79 Å². The van der Waals surface area contributed by atoms with Gasteiger partial charge in [0.05, 0.1) is 17.3 Å². The summed E-state index contributed by atoms with van der Waals surface area (Å²) < 4.78 is 1.93. The smallest absolute Gasteiger partial charge is 0.255 e. The second-order valence-corrected chi connectivity index (χ2v) is 5.83. The minimum atomic E-state index is 0.0492. The summed E-state index contributed by atoms with van der Waals surface area (Å²) in [7, 11) is 0. The zero-order valence-electron chi connectivity index (χ0n) is 11.7. The first-order valence-corrected chi connectivity index (χ1v) is 7.42. The molecule has 1 aliphatic carbocycles. The maximum absolute atomic E-state index is 12.4. The summed E-state index contributed by atoms with van der Waals surface area (Å²) in [4.78, 5) is 18.3. The third-order valence-corrected chi connectivity index (χ3v) is 4.26. The molecule has 6 nitrogen and oxygen atoms in total. The van der Waals surface area contributed by atoms with Crippen molar-refractivity contribution in [1.82, 2.24) is 24.9 Å². The normalized spacial score (nSPS) is 21.7. The fourth-order valence-corrected chi connectivity index (χ4v) is 2.85. The number of carbonyl (C=O) groups excluding carboxylic acids is 1. The van der Waals surface area contributed by atoms with E-state index in [1.807, 2.05) is 15.6 Å². The molecule has 0 N–H and O–H groups in total. The first-order chi connectivity index (χ1) is 10.3. The predicted molar refractivity (Wildman–Crippen MR) is 75.8 cm³/mol. The quantitative estimate of drug-likeness (QED) is 0.859. The van der Waals surface area contributed by atoms with Crippen LogP contribution >= 0.6 is 0 Å². The molecular formula is C15H17N5O. The molecule has 2 aromatic rings. The standard InChI is InChI=1S/C15H17N5O/c21-15(12-2-1-6-16-8-12)19-7-5-13(9-19)20-10-14(17-18-20)11-3-4-11/h1-2,6,8,10-11,13H,3-5,7,9H2. The monoisotopic (exact) mass is 283 g/mol. The molecule has 1 saturated heterocycles. The van der Waals surface area contributed by atoms with Gasteiger partial charge in [-0.1, -0.05) is 5.21 Å². The van der Waals surface area contributed by atoms with Crippen LogP contribution in [0.3, 0.4) is 0 Å². The van der Waals surface area contributed by atoms with E-state index < -0.39 is 0 Å². The summed E-state index contributed by atoms with van der Waals surface area (Å²) in [5.41, 5.74) is 1.75. The molecule has 1 saturated carbocycles. The summed E-state index contributed by atoms with van der Waals surface area (Å²) in [5, 5.41) is 8.49. The number of hydrogen-bond acceptors (Lipinski definition) is 4. The Labute approximate surface area is 122 Å². The minimum absolute atomic E-state index is 0.0492. The van der Waals surface area contributed by atoms with Crippen LogP contribution in [0.15, 0.2) is 30.7 Å². The van der Waals surface area contributed by atoms with Crippen molar-refractivity contribution in [1.29, 1.82) is 0 Å². The number of amides is 1. The molecular weight excluding hydrogens is 266 g/mol. The average molecular weight is 283 g/mol. The zero-order valence-corrected chi connectivity index (χ0v) is 11.7. The molecule has 1 unspecified atom stereocenters. The fraction of sp³-hybridized carbons (Fsp3) is 0.467. The van der Waals surface area contributed by atoms with E-state index >= 15 is 0 Å². The topological polar surface area (TPSA) is 63.9 Å². The Morgan fingerprint density at radius 3 is 2.95 bits per heavy atom. The van der Waals surface area contributed by atoms with Gasteiger partial charge in [0.15, 0.2) is 0 Å². The second-order valence-electron chi connectivity index (χ2n) is 5.83. The molecule has 1 atom stereocenters. The van der Waals surface area contributed by atoms with Crippen molar-refractivity contribution in [3.05, 3.63) is 42.0 Å². The number of nitrogens with zero attached hydrogens (tertiary/aromatic N) is 5. The Kier molecular flexibility index (Phi) is 2.94. The molecule has 2 aliphatic rings. The number of aromatic nitrogens is 4. The summed E-state index contributed by atoms with van der Waals surface area (Å²) in [5.74, 6) is 0.668. The molecule has 108 valence electrons. The second kappa shape index (κ2) is 4.95. The van der Waals surface area contributed by atoms with Gasteiger partial charge >= 0.3 is 0 Å². The van der Waals surface area contributed by atoms with Crippen molar-refractivity contribution in [2.45, 2.75) is 31.2 Å². The molecule has 1 amide bonds. The Balaban J connectivity index is 1.45. The van der Waals surface area contributed by atoms with Crippen molar-refractivity contribution in [2.24, 2.45) is 0 Å². The van der Waals surface area contributed by atoms with Gasteiger partial charge in [0.25, 0.3) is 5.91 Å². The molecule has 1 aliphatic heterocycles. The summed E-state index contributed by atoms with van der Waals surface area (Å²) >= 11 is 0. The lowest BCUT2D eigenvalue weighted by molar-refractivity contribution is 0.0786. The van der Waals surface area contributed by atoms with E-state index in [1.165, 1.54) is 12.8 Å². The van der Waals surface area contributed by atoms with Gasteiger partial charge in [-0.05, 0) is 31.4 Å². The van der Waals surface area contributed by atoms with Crippen LogP contribution in [0.4, 0.5) is 0 Å². The largest absolute Gasteiger partial charge is 0.336 e. The van der Waals surface area contributed by atoms with E-state index in [4.69, 9.17) is 0 Å². The maximum atomic E-state index is 12.4. The van der Waals surface area contributed by atoms with Gasteiger partial charge < -0.3 is 4.90 Å². The van der Waals surface area contributed by atoms with Gasteiger partial charge in [0.1, 0.15) is 0 Å². The van der Waals surface area contributed by atoms with E-state index in [2.05, 4.69) is 21.5 Å². The third kappa shape index (κ3) is 2.41. The summed E-state index contributed by atoms with van der Waals surface area (Å²) in [6.07, 6.45) is 8.75. The van der Waals surface area contributed by atoms with Crippen LogP contribution in [0, 0.1) is 0 Å². The Hall–Kier alpha value is -2.24. The van der Waals surface area contributed by atoms with Crippen molar-refractivity contribution >= 4 is 5.91 Å². The SMILES string of the molecule is O=C(c1cccnc1)N1CCC(n2cc(C3CC3)nn2)C1. The van der Waals surface area contributed by atoms with Gasteiger partial charge in [0, 0.05) is 37.6 Å². The Bertz CT molecular complexity index is 649. The van der Waals surface area contributed by atoms with E-state index in [0.717, 1.165) is 18.7 Å². The van der Waals surface area contributed by atoms with Crippen LogP contribution in [0.1, 0.15) is 47.3 Å². The van der Waals surface area contributed by atoms with Gasteiger partial charge in [0.2, 0.25) is 0 Å². The maximum Gasteiger partial charge on any atom is 0.255 e. The highest BCUT2D eigenvalue weighted by Crippen LogP contribution is 2.39. The van der Waals surface area contributed by atoms with Crippen LogP contribution in [0.5, 0.6) is 0 Å². The number of likely N-dealkylation sites (tertiary alicyclic amines) is 1. The molecule has 4 rings (SSSR count). The fourth-order valence-electron chi connectivity index (χ4n) is 2.85. The van der Waals surface area contributed by atoms with Crippen molar-refractivity contribution in [2.75, 3.05) is 13.1 Å². The lowest BCUT2D eigenvalue weighted by Crippen LogP contribution is -2.29. The minimum Gasteiger partial charge on any atom is -0.336 e. The van der Waals surface area contributed by atoms with Crippen LogP contribution in [-0.2, 0) is 0 Å². The van der Waals surface area contributed by atoms with Crippen LogP contribution in [-0.4, -0.2) is 43.9 Å². The zero-order chi connectivity index (χ0) is 14.2. The number of pyridine rings is 1. The first kappa shape index (κ1) is 12.5. The average Bonchev–Trinajstić information content (AvgIpc) is 3.07. The predicted octanol–water partition coefficient (Wildman–Crippen LogP) is 1.64. The lowest BCUT2D eigenvalue weighted by atomic mass is 10.2. The molecule has 6 heteroatoms. The van der Waals surface area contributed by atoms with Gasteiger partial charge in [-0.2, -0.15) is 0 Å². The van der Waals surface area contributed by atoms with Crippen LogP contribution < -0.4 is 0 Å². The molecule has 0 aromatic carbocycles. The molecule has 0 bridgehead atoms. The summed E-state index contributed by atoms with van der Waals surface area (Å²) in [6.45, 7) is 1.46. The first-order valence-electron chi connectivity index (χ1n) is 7.42. The molecule has 0 radical (unpaired) electrons. The van der Waals surface area contributed by atoms with Gasteiger partial charge in [-0.15, -0.1) is 5.10 Å². The Morgan fingerprint density at radius 1 is 1.29 bits per heavy atom. The highest BCUT2D eigenvalue weighted by atomic mass is 16.2. The third-order valence-electron chi connectivity index (χ3n) is 4.26. The van der Waals surface area contributed by atoms with Crippen molar-refractivity contribution < 1.29 is 4.79 Å². The van der Waals surface area contributed by atoms with Crippen molar-refractivity contribution in [3.8, 4) is 0 Å². The number of carbonyl (C=O) groups is 1. The van der Waals surface area contributed by atoms with Gasteiger partial charge in [-0.3, -0.25) is 9.78 Å². The molecule has 3 heterocycles. The molecule has 2 aromatic heterocycles. The van der Waals surface area contributed by atoms with Crippen LogP contribution in [0.2, 0.25) is 0 Å². The molecule has 0 spiro atoms. The number of rotatable bonds is 3. The van der Waals surface area contributed by atoms with Crippen LogP contribution in [0.25, 0.3) is 0 Å². The molecule has 21 heavy (non-hydrogen) atoms. The summed E-state index contributed by atoms with van der Waals surface area (Å²) in [6, 6.07) is 3.84. The lowest BCUT2D eigenvalue weighted by Gasteiger charge is -2.16. The van der Waals surface area contributed by atoms with E-state index in [1.54, 1.807) is 18.5 Å². The van der Waals surface area contributed by atoms with Gasteiger partial charge in [-0.25, -0.2) is 4.68 Å². The highest BCUT2D eigenvalue weighted by Gasteiger charge is 2.31. The Morgan fingerprint density at radius 2 is 2.19 bits per heavy atom. The van der Waals surface area contributed by atoms with Crippen molar-refractivity contribution in [3.63, 3.8) is 0 Å². The molecule has 2 fully saturated rings. The number of hydrogen-bond donors (Lipinski definition) is 0.